The SMILES string of the molecule is COC(=O)CC(C(=O)OC)=[N+]1NC(=O)CC1C(OCc1ccccc1)C(C)O. The van der Waals surface area contributed by atoms with Gasteiger partial charge in [0.25, 0.3) is 5.91 Å². The Bertz CT molecular complexity index is 746. The molecule has 28 heavy (non-hydrogen) atoms. The number of hydrogen-bond acceptors (Lipinski definition) is 7. The number of rotatable bonds is 8. The molecule has 1 aromatic carbocycles. The Labute approximate surface area is 162 Å². The normalized spacial score (nSPS) is 20.1. The van der Waals surface area contributed by atoms with Crippen LogP contribution in [-0.2, 0) is 35.2 Å². The molecule has 0 saturated carbocycles. The van der Waals surface area contributed by atoms with Crippen LogP contribution in [0, 0.1) is 0 Å². The van der Waals surface area contributed by atoms with E-state index >= 15 is 0 Å². The molecule has 9 nitrogen and oxygen atoms in total. The third-order valence-electron chi connectivity index (χ3n) is 4.36. The van der Waals surface area contributed by atoms with Crippen LogP contribution >= 0.6 is 0 Å². The lowest BCUT2D eigenvalue weighted by molar-refractivity contribution is -0.604. The summed E-state index contributed by atoms with van der Waals surface area (Å²) in [6.45, 7) is 1.74. The molecule has 1 heterocycles. The number of hydrazone groups is 1. The van der Waals surface area contributed by atoms with Gasteiger partial charge < -0.3 is 19.3 Å². The predicted molar refractivity (Wildman–Crippen MR) is 97.2 cm³/mol. The van der Waals surface area contributed by atoms with Crippen LogP contribution < -0.4 is 5.43 Å². The van der Waals surface area contributed by atoms with Gasteiger partial charge in [-0.25, -0.2) is 4.79 Å². The van der Waals surface area contributed by atoms with Crippen molar-refractivity contribution in [3.8, 4) is 0 Å². The van der Waals surface area contributed by atoms with Gasteiger partial charge in [0, 0.05) is 0 Å². The van der Waals surface area contributed by atoms with Gasteiger partial charge in [0.15, 0.2) is 0 Å². The lowest BCUT2D eigenvalue weighted by Crippen LogP contribution is -2.48. The van der Waals surface area contributed by atoms with Crippen LogP contribution in [0.25, 0.3) is 0 Å². The van der Waals surface area contributed by atoms with Crippen LogP contribution in [-0.4, -0.2) is 65.8 Å². The second kappa shape index (κ2) is 9.95. The fraction of sp³-hybridized carbons (Fsp3) is 0.474. The number of methoxy groups -OCH3 is 2. The van der Waals surface area contributed by atoms with Crippen LogP contribution in [0.3, 0.4) is 0 Å². The van der Waals surface area contributed by atoms with E-state index in [1.54, 1.807) is 0 Å². The molecule has 2 N–H and O–H groups in total. The number of esters is 2. The van der Waals surface area contributed by atoms with Gasteiger partial charge in [-0.2, -0.15) is 0 Å². The van der Waals surface area contributed by atoms with Crippen molar-refractivity contribution in [1.29, 1.82) is 0 Å². The second-order valence-electron chi connectivity index (χ2n) is 6.37. The van der Waals surface area contributed by atoms with Crippen LogP contribution in [0.2, 0.25) is 0 Å². The van der Waals surface area contributed by atoms with E-state index in [0.29, 0.717) is 0 Å². The van der Waals surface area contributed by atoms with E-state index in [2.05, 4.69) is 10.2 Å². The first-order valence-corrected chi connectivity index (χ1v) is 8.80. The molecule has 3 unspecified atom stereocenters. The van der Waals surface area contributed by atoms with Gasteiger partial charge in [0.2, 0.25) is 6.04 Å². The lowest BCUT2D eigenvalue weighted by atomic mass is 10.0. The van der Waals surface area contributed by atoms with Crippen molar-refractivity contribution >= 4 is 23.6 Å². The number of hydrogen-bond donors (Lipinski definition) is 2. The zero-order chi connectivity index (χ0) is 20.7. The number of aliphatic hydroxyl groups excluding tert-OH is 1. The number of nitrogens with zero attached hydrogens (tertiary/aromatic N) is 1. The van der Waals surface area contributed by atoms with Crippen molar-refractivity contribution < 1.29 is 38.4 Å². The number of carbonyl (C=O) groups is 3. The maximum absolute atomic E-state index is 12.2. The molecule has 1 aliphatic rings. The molecule has 1 fully saturated rings. The van der Waals surface area contributed by atoms with Gasteiger partial charge in [-0.1, -0.05) is 35.0 Å². The molecular formula is C19H25N2O7+. The number of aliphatic hydroxyl groups is 1. The molecule has 1 saturated heterocycles. The average Bonchev–Trinajstić information content (AvgIpc) is 3.06. The molecule has 0 aromatic heterocycles. The fourth-order valence-corrected chi connectivity index (χ4v) is 3.00. The smallest absolute Gasteiger partial charge is 0.401 e. The maximum Gasteiger partial charge on any atom is 0.401 e. The molecule has 1 aromatic rings. The molecule has 0 radical (unpaired) electrons. The van der Waals surface area contributed by atoms with E-state index < -0.39 is 36.6 Å². The molecule has 1 amide bonds. The minimum Gasteiger partial charge on any atom is -0.469 e. The molecule has 0 bridgehead atoms. The summed E-state index contributed by atoms with van der Waals surface area (Å²) in [4.78, 5) is 36.0. The van der Waals surface area contributed by atoms with Gasteiger partial charge in [-0.05, 0) is 12.5 Å². The number of carbonyl (C=O) groups excluding carboxylic acids is 3. The number of amides is 1. The topological polar surface area (TPSA) is 114 Å². The molecule has 0 aliphatic carbocycles. The number of benzene rings is 1. The van der Waals surface area contributed by atoms with Gasteiger partial charge in [0.05, 0.1) is 33.4 Å². The Morgan fingerprint density at radius 2 is 1.93 bits per heavy atom. The van der Waals surface area contributed by atoms with Crippen molar-refractivity contribution in [2.75, 3.05) is 14.2 Å². The Hall–Kier alpha value is -2.78. The summed E-state index contributed by atoms with van der Waals surface area (Å²) in [6.07, 6.45) is -2.17. The van der Waals surface area contributed by atoms with Crippen LogP contribution in [0.4, 0.5) is 0 Å². The summed E-state index contributed by atoms with van der Waals surface area (Å²) in [5.41, 5.74) is 3.33. The van der Waals surface area contributed by atoms with E-state index in [4.69, 9.17) is 9.47 Å². The molecule has 2 rings (SSSR count). The lowest BCUT2D eigenvalue weighted by Gasteiger charge is -2.23. The standard InChI is InChI=1S/C19H24N2O7/c1-12(22)18(28-11-13-7-5-4-6-8-13)14-9-16(23)20-21(14)15(19(25)27-3)10-17(24)26-2/h4-8,12,14,18,22H,9-11H2,1-3H3/p+1. The average molecular weight is 393 g/mol. The first-order valence-electron chi connectivity index (χ1n) is 8.80. The van der Waals surface area contributed by atoms with Gasteiger partial charge in [-0.3, -0.25) is 9.59 Å². The zero-order valence-electron chi connectivity index (χ0n) is 16.1. The maximum atomic E-state index is 12.2. The van der Waals surface area contributed by atoms with E-state index in [1.165, 1.54) is 25.8 Å². The Balaban J connectivity index is 2.34. The molecule has 9 heteroatoms. The first kappa shape index (κ1) is 21.5. The largest absolute Gasteiger partial charge is 0.469 e. The summed E-state index contributed by atoms with van der Waals surface area (Å²) < 4.78 is 16.5. The number of hydrazine groups is 1. The number of nitrogens with one attached hydrogen (secondary N) is 1. The Morgan fingerprint density at radius 1 is 1.25 bits per heavy atom. The number of ether oxygens (including phenoxy) is 3. The van der Waals surface area contributed by atoms with Crippen molar-refractivity contribution in [3.05, 3.63) is 35.9 Å². The Kier molecular flexibility index (Phi) is 7.65. The van der Waals surface area contributed by atoms with Gasteiger partial charge in [-0.15, -0.1) is 5.43 Å². The van der Waals surface area contributed by atoms with Gasteiger partial charge in [0.1, 0.15) is 12.5 Å². The first-order chi connectivity index (χ1) is 13.4. The molecule has 0 spiro atoms. The minimum atomic E-state index is -0.944. The minimum absolute atomic E-state index is 0.0218. The summed E-state index contributed by atoms with van der Waals surface area (Å²) in [6, 6.07) is 8.64. The van der Waals surface area contributed by atoms with Crippen LogP contribution in [0.1, 0.15) is 25.3 Å². The third kappa shape index (κ3) is 5.37. The molecule has 1 aliphatic heterocycles. The zero-order valence-corrected chi connectivity index (χ0v) is 16.1. The summed E-state index contributed by atoms with van der Waals surface area (Å²) in [7, 11) is 2.36. The van der Waals surface area contributed by atoms with E-state index in [0.717, 1.165) is 5.56 Å². The molecule has 3 atom stereocenters. The highest BCUT2D eigenvalue weighted by Gasteiger charge is 2.47. The van der Waals surface area contributed by atoms with Gasteiger partial charge >= 0.3 is 17.7 Å². The predicted octanol–water partition coefficient (Wildman–Crippen LogP) is -0.0543. The van der Waals surface area contributed by atoms with Crippen LogP contribution in [0.5, 0.6) is 0 Å². The van der Waals surface area contributed by atoms with E-state index in [-0.39, 0.29) is 24.6 Å². The summed E-state index contributed by atoms with van der Waals surface area (Å²) >= 11 is 0. The van der Waals surface area contributed by atoms with Crippen molar-refractivity contribution in [1.82, 2.24) is 5.43 Å². The quantitative estimate of drug-likeness (QED) is 0.470. The molecule has 152 valence electrons. The van der Waals surface area contributed by atoms with Crippen molar-refractivity contribution in [3.63, 3.8) is 0 Å². The highest BCUT2D eigenvalue weighted by Crippen LogP contribution is 2.19. The highest BCUT2D eigenvalue weighted by molar-refractivity contribution is 6.37. The summed E-state index contributed by atoms with van der Waals surface area (Å²) in [5, 5.41) is 10.3. The Morgan fingerprint density at radius 3 is 2.50 bits per heavy atom. The van der Waals surface area contributed by atoms with Crippen molar-refractivity contribution in [2.45, 2.75) is 44.6 Å². The van der Waals surface area contributed by atoms with Crippen LogP contribution in [0.15, 0.2) is 30.3 Å². The monoisotopic (exact) mass is 393 g/mol. The molecular weight excluding hydrogens is 368 g/mol. The highest BCUT2D eigenvalue weighted by atomic mass is 16.5. The van der Waals surface area contributed by atoms with E-state index in [9.17, 15) is 19.5 Å². The fourth-order valence-electron chi connectivity index (χ4n) is 3.00. The van der Waals surface area contributed by atoms with Crippen molar-refractivity contribution in [2.24, 2.45) is 0 Å². The second-order valence-corrected chi connectivity index (χ2v) is 6.37. The van der Waals surface area contributed by atoms with E-state index in [1.807, 2.05) is 30.3 Å². The summed E-state index contributed by atoms with van der Waals surface area (Å²) in [5.74, 6) is -1.82. The third-order valence-corrected chi connectivity index (χ3v) is 4.36.